The Kier molecular flexibility index (Phi) is 4.14. The maximum atomic E-state index is 13.3. The van der Waals surface area contributed by atoms with Gasteiger partial charge in [-0.05, 0) is 42.3 Å². The number of aryl methyl sites for hydroxylation is 1. The van der Waals surface area contributed by atoms with Crippen LogP contribution in [-0.2, 0) is 6.61 Å². The summed E-state index contributed by atoms with van der Waals surface area (Å²) in [6, 6.07) is 10.2. The van der Waals surface area contributed by atoms with Crippen LogP contribution in [0.3, 0.4) is 0 Å². The molecule has 106 valence electrons. The molecule has 0 unspecified atom stereocenters. The van der Waals surface area contributed by atoms with E-state index >= 15 is 0 Å². The summed E-state index contributed by atoms with van der Waals surface area (Å²) in [5.41, 5.74) is 1.20. The third-order valence-electron chi connectivity index (χ3n) is 2.79. The summed E-state index contributed by atoms with van der Waals surface area (Å²) in [6.07, 6.45) is 0. The number of hydrogen-bond donors (Lipinski definition) is 0. The molecule has 6 heteroatoms. The van der Waals surface area contributed by atoms with E-state index in [1.165, 1.54) is 24.3 Å². The third-order valence-corrected chi connectivity index (χ3v) is 2.79. The number of ether oxygens (including phenoxy) is 1. The minimum atomic E-state index is -0.550. The second-order valence-electron chi connectivity index (χ2n) is 4.48. The fourth-order valence-electron chi connectivity index (χ4n) is 1.85. The Morgan fingerprint density at radius 1 is 1.33 bits per heavy atom. The Bertz CT molecular complexity index is 738. The molecule has 0 aliphatic carbocycles. The number of nitrogens with zero attached hydrogens (tertiary/aromatic N) is 2. The van der Waals surface area contributed by atoms with E-state index in [-0.39, 0.29) is 23.6 Å². The first-order chi connectivity index (χ1) is 9.99. The van der Waals surface area contributed by atoms with Gasteiger partial charge in [0.15, 0.2) is 5.75 Å². The fraction of sp³-hybridized carbons (Fsp3) is 0.133. The number of benzene rings is 2. The predicted octanol–water partition coefficient (Wildman–Crippen LogP) is 3.49. The molecule has 0 N–H and O–H groups in total. The van der Waals surface area contributed by atoms with E-state index < -0.39 is 10.7 Å². The van der Waals surface area contributed by atoms with Crippen LogP contribution in [0, 0.1) is 34.2 Å². The highest BCUT2D eigenvalue weighted by atomic mass is 19.1. The van der Waals surface area contributed by atoms with Gasteiger partial charge in [0, 0.05) is 6.07 Å². The summed E-state index contributed by atoms with van der Waals surface area (Å²) in [5.74, 6) is -0.445. The highest BCUT2D eigenvalue weighted by Gasteiger charge is 2.15. The lowest BCUT2D eigenvalue weighted by molar-refractivity contribution is -0.386. The van der Waals surface area contributed by atoms with Gasteiger partial charge in [-0.15, -0.1) is 0 Å². The van der Waals surface area contributed by atoms with Gasteiger partial charge < -0.3 is 4.74 Å². The molecule has 2 rings (SSSR count). The molecule has 0 heterocycles. The van der Waals surface area contributed by atoms with Crippen molar-refractivity contribution in [1.82, 2.24) is 0 Å². The van der Waals surface area contributed by atoms with E-state index in [0.717, 1.165) is 11.6 Å². The Morgan fingerprint density at radius 3 is 2.76 bits per heavy atom. The quantitative estimate of drug-likeness (QED) is 0.636. The van der Waals surface area contributed by atoms with Gasteiger partial charge in [-0.2, -0.15) is 5.26 Å². The maximum absolute atomic E-state index is 13.3. The van der Waals surface area contributed by atoms with Crippen molar-refractivity contribution in [2.45, 2.75) is 13.5 Å². The lowest BCUT2D eigenvalue weighted by Gasteiger charge is -2.08. The van der Waals surface area contributed by atoms with Crippen LogP contribution in [0.15, 0.2) is 36.4 Å². The van der Waals surface area contributed by atoms with Crippen LogP contribution in [0.1, 0.15) is 16.7 Å². The van der Waals surface area contributed by atoms with E-state index in [4.69, 9.17) is 10.00 Å². The average molecular weight is 286 g/mol. The number of halogens is 1. The summed E-state index contributed by atoms with van der Waals surface area (Å²) in [5, 5.41) is 19.7. The van der Waals surface area contributed by atoms with Gasteiger partial charge in [-0.1, -0.05) is 6.07 Å². The molecule has 2 aromatic rings. The van der Waals surface area contributed by atoms with E-state index in [1.807, 2.05) is 6.07 Å². The third kappa shape index (κ3) is 3.54. The molecule has 0 bridgehead atoms. The smallest absolute Gasteiger partial charge is 0.311 e. The monoisotopic (exact) mass is 286 g/mol. The number of nitriles is 1. The Hall–Kier alpha value is -2.94. The van der Waals surface area contributed by atoms with E-state index in [2.05, 4.69) is 0 Å². The molecule has 0 saturated carbocycles. The average Bonchev–Trinajstić information content (AvgIpc) is 2.45. The minimum Gasteiger partial charge on any atom is -0.482 e. The predicted molar refractivity (Wildman–Crippen MR) is 73.3 cm³/mol. The lowest BCUT2D eigenvalue weighted by Crippen LogP contribution is -2.00. The summed E-state index contributed by atoms with van der Waals surface area (Å²) in [7, 11) is 0. The van der Waals surface area contributed by atoms with Crippen molar-refractivity contribution in [3.05, 3.63) is 69.0 Å². The van der Waals surface area contributed by atoms with Crippen LogP contribution < -0.4 is 4.74 Å². The molecule has 0 radical (unpaired) electrons. The van der Waals surface area contributed by atoms with Gasteiger partial charge >= 0.3 is 5.69 Å². The van der Waals surface area contributed by atoms with Crippen molar-refractivity contribution < 1.29 is 14.1 Å². The molecule has 0 spiro atoms. The Balaban J connectivity index is 2.23. The fourth-order valence-corrected chi connectivity index (χ4v) is 1.85. The zero-order valence-corrected chi connectivity index (χ0v) is 11.2. The minimum absolute atomic E-state index is 0.0592. The van der Waals surface area contributed by atoms with Crippen molar-refractivity contribution in [3.8, 4) is 11.8 Å². The summed E-state index contributed by atoms with van der Waals surface area (Å²) >= 11 is 0. The first-order valence-electron chi connectivity index (χ1n) is 6.07. The number of hydrogen-bond acceptors (Lipinski definition) is 4. The molecular formula is C15H11FN2O3. The highest BCUT2D eigenvalue weighted by molar-refractivity contribution is 5.48. The normalized spacial score (nSPS) is 9.95. The van der Waals surface area contributed by atoms with Gasteiger partial charge in [0.2, 0.25) is 0 Å². The maximum Gasteiger partial charge on any atom is 0.311 e. The highest BCUT2D eigenvalue weighted by Crippen LogP contribution is 2.28. The van der Waals surface area contributed by atoms with E-state index in [9.17, 15) is 14.5 Å². The number of nitro groups is 1. The van der Waals surface area contributed by atoms with Crippen molar-refractivity contribution in [2.24, 2.45) is 0 Å². The van der Waals surface area contributed by atoms with Crippen LogP contribution in [0.5, 0.6) is 5.75 Å². The summed E-state index contributed by atoms with van der Waals surface area (Å²) in [6.45, 7) is 1.68. The van der Waals surface area contributed by atoms with Gasteiger partial charge in [-0.3, -0.25) is 10.1 Å². The summed E-state index contributed by atoms with van der Waals surface area (Å²) in [4.78, 5) is 10.4. The van der Waals surface area contributed by atoms with Gasteiger partial charge in [0.25, 0.3) is 0 Å². The second-order valence-corrected chi connectivity index (χ2v) is 4.48. The molecule has 2 aromatic carbocycles. The molecule has 0 aromatic heterocycles. The lowest BCUT2D eigenvalue weighted by atomic mass is 10.1. The number of rotatable bonds is 4. The van der Waals surface area contributed by atoms with Crippen LogP contribution in [0.2, 0.25) is 0 Å². The molecule has 0 aliphatic rings. The molecule has 21 heavy (non-hydrogen) atoms. The molecule has 0 saturated heterocycles. The summed E-state index contributed by atoms with van der Waals surface area (Å²) < 4.78 is 18.7. The van der Waals surface area contributed by atoms with Crippen molar-refractivity contribution in [2.75, 3.05) is 0 Å². The van der Waals surface area contributed by atoms with Gasteiger partial charge in [0.1, 0.15) is 12.4 Å². The number of nitro benzene ring substituents is 1. The first kappa shape index (κ1) is 14.5. The SMILES string of the molecule is Cc1ccc(OCc2cc(F)cc(C#N)c2)c([N+](=O)[O-])c1. The first-order valence-corrected chi connectivity index (χ1v) is 6.07. The van der Waals surface area contributed by atoms with Crippen LogP contribution in [0.4, 0.5) is 10.1 Å². The largest absolute Gasteiger partial charge is 0.482 e. The standard InChI is InChI=1S/C15H11FN2O3/c1-10-2-3-15(14(4-10)18(19)20)21-9-12-5-11(8-17)6-13(16)7-12/h2-7H,9H2,1H3. The van der Waals surface area contributed by atoms with Gasteiger partial charge in [0.05, 0.1) is 16.6 Å². The van der Waals surface area contributed by atoms with Crippen LogP contribution in [-0.4, -0.2) is 4.92 Å². The topological polar surface area (TPSA) is 76.2 Å². The van der Waals surface area contributed by atoms with E-state index in [1.54, 1.807) is 13.0 Å². The van der Waals surface area contributed by atoms with Crippen molar-refractivity contribution in [3.63, 3.8) is 0 Å². The molecule has 0 aliphatic heterocycles. The van der Waals surface area contributed by atoms with Crippen LogP contribution >= 0.6 is 0 Å². The molecular weight excluding hydrogens is 275 g/mol. The molecule has 0 fully saturated rings. The van der Waals surface area contributed by atoms with Crippen molar-refractivity contribution in [1.29, 1.82) is 5.26 Å². The molecule has 0 atom stereocenters. The molecule has 0 amide bonds. The zero-order chi connectivity index (χ0) is 15.4. The van der Waals surface area contributed by atoms with Crippen LogP contribution in [0.25, 0.3) is 0 Å². The Labute approximate surface area is 120 Å². The Morgan fingerprint density at radius 2 is 2.10 bits per heavy atom. The van der Waals surface area contributed by atoms with E-state index in [0.29, 0.717) is 5.56 Å². The van der Waals surface area contributed by atoms with Gasteiger partial charge in [-0.25, -0.2) is 4.39 Å². The second kappa shape index (κ2) is 6.01. The van der Waals surface area contributed by atoms with Crippen molar-refractivity contribution >= 4 is 5.69 Å². The zero-order valence-electron chi connectivity index (χ0n) is 11.2. The molecule has 5 nitrogen and oxygen atoms in total.